The second-order valence-electron chi connectivity index (χ2n) is 6.63. The van der Waals surface area contributed by atoms with E-state index in [0.29, 0.717) is 25.6 Å². The molecule has 0 aromatic heterocycles. The van der Waals surface area contributed by atoms with Gasteiger partial charge < -0.3 is 15.0 Å². The van der Waals surface area contributed by atoms with E-state index in [2.05, 4.69) is 5.32 Å². The van der Waals surface area contributed by atoms with Gasteiger partial charge in [0.15, 0.2) is 0 Å². The van der Waals surface area contributed by atoms with Crippen LogP contribution in [0.2, 0.25) is 0 Å². The highest BCUT2D eigenvalue weighted by atomic mass is 127. The van der Waals surface area contributed by atoms with E-state index in [1.165, 1.54) is 11.0 Å². The Bertz CT molecular complexity index is 661. The Labute approximate surface area is 152 Å². The maximum atomic E-state index is 13.8. The highest BCUT2D eigenvalue weighted by molar-refractivity contribution is 14.1. The minimum atomic E-state index is -0.910. The van der Waals surface area contributed by atoms with Crippen LogP contribution in [0.4, 0.5) is 13.6 Å². The molecule has 1 aliphatic rings. The first-order valence-electron chi connectivity index (χ1n) is 7.50. The molecule has 1 aromatic rings. The largest absolute Gasteiger partial charge is 0.444 e. The van der Waals surface area contributed by atoms with Gasteiger partial charge in [-0.1, -0.05) is 0 Å². The van der Waals surface area contributed by atoms with E-state index in [-0.39, 0.29) is 15.2 Å². The van der Waals surface area contributed by atoms with Crippen molar-refractivity contribution in [3.8, 4) is 0 Å². The third-order valence-electron chi connectivity index (χ3n) is 3.43. The molecule has 1 fully saturated rings. The predicted octanol–water partition coefficient (Wildman–Crippen LogP) is 3.31. The molecule has 1 saturated heterocycles. The number of hydrogen-bond donors (Lipinski definition) is 1. The smallest absolute Gasteiger partial charge is 0.410 e. The zero-order chi connectivity index (χ0) is 18.1. The number of nitrogens with one attached hydrogen (secondary N) is 1. The van der Waals surface area contributed by atoms with Gasteiger partial charge in [0, 0.05) is 28.8 Å². The molecule has 1 aromatic carbocycles. The number of likely N-dealkylation sites (tertiary alicyclic amines) is 1. The maximum Gasteiger partial charge on any atom is 0.410 e. The number of ether oxygens (including phenoxy) is 1. The van der Waals surface area contributed by atoms with Crippen molar-refractivity contribution in [2.75, 3.05) is 13.1 Å². The average Bonchev–Trinajstić information content (AvgIpc) is 2.89. The highest BCUT2D eigenvalue weighted by Gasteiger charge is 2.31. The summed E-state index contributed by atoms with van der Waals surface area (Å²) in [6.45, 7) is 6.07. The van der Waals surface area contributed by atoms with Crippen molar-refractivity contribution in [1.29, 1.82) is 0 Å². The lowest BCUT2D eigenvalue weighted by atomic mass is 10.1. The molecule has 1 N–H and O–H groups in total. The lowest BCUT2D eigenvalue weighted by Gasteiger charge is -2.24. The number of carbonyl (C=O) groups excluding carboxylic acids is 2. The van der Waals surface area contributed by atoms with Crippen LogP contribution in [0, 0.1) is 15.2 Å². The van der Waals surface area contributed by atoms with E-state index in [4.69, 9.17) is 4.74 Å². The van der Waals surface area contributed by atoms with Gasteiger partial charge in [0.25, 0.3) is 5.91 Å². The van der Waals surface area contributed by atoms with Crippen molar-refractivity contribution in [3.63, 3.8) is 0 Å². The summed E-state index contributed by atoms with van der Waals surface area (Å²) in [5.74, 6) is -2.24. The summed E-state index contributed by atoms with van der Waals surface area (Å²) in [7, 11) is 0. The molecule has 1 atom stereocenters. The Morgan fingerprint density at radius 2 is 1.96 bits per heavy atom. The fourth-order valence-electron chi connectivity index (χ4n) is 2.33. The molecule has 0 aliphatic carbocycles. The van der Waals surface area contributed by atoms with Crippen LogP contribution in [0.25, 0.3) is 0 Å². The molecule has 132 valence electrons. The highest BCUT2D eigenvalue weighted by Crippen LogP contribution is 2.19. The summed E-state index contributed by atoms with van der Waals surface area (Å²) >= 11 is 1.70. The Morgan fingerprint density at radius 3 is 2.58 bits per heavy atom. The third kappa shape index (κ3) is 4.78. The number of benzene rings is 1. The Kier molecular flexibility index (Phi) is 5.67. The molecular weight excluding hydrogens is 433 g/mol. The minimum absolute atomic E-state index is 0.168. The molecular formula is C16H19F2IN2O3. The molecule has 0 bridgehead atoms. The average molecular weight is 452 g/mol. The number of halogens is 3. The van der Waals surface area contributed by atoms with E-state index in [0.717, 1.165) is 0 Å². The third-order valence-corrected chi connectivity index (χ3v) is 4.26. The van der Waals surface area contributed by atoms with Crippen molar-refractivity contribution in [3.05, 3.63) is 32.9 Å². The topological polar surface area (TPSA) is 58.6 Å². The first-order chi connectivity index (χ1) is 11.1. The number of nitrogens with zero attached hydrogens (tertiary/aromatic N) is 1. The fourth-order valence-corrected chi connectivity index (χ4v) is 2.80. The van der Waals surface area contributed by atoms with Crippen LogP contribution in [0.3, 0.4) is 0 Å². The molecule has 1 heterocycles. The van der Waals surface area contributed by atoms with Crippen molar-refractivity contribution in [2.45, 2.75) is 38.8 Å². The lowest BCUT2D eigenvalue weighted by Crippen LogP contribution is -2.40. The van der Waals surface area contributed by atoms with Gasteiger partial charge >= 0.3 is 6.09 Å². The predicted molar refractivity (Wildman–Crippen MR) is 92.8 cm³/mol. The molecule has 2 rings (SSSR count). The molecule has 0 saturated carbocycles. The molecule has 1 aliphatic heterocycles. The van der Waals surface area contributed by atoms with E-state index < -0.39 is 29.2 Å². The van der Waals surface area contributed by atoms with Gasteiger partial charge in [-0.3, -0.25) is 4.79 Å². The summed E-state index contributed by atoms with van der Waals surface area (Å²) in [5.41, 5.74) is -0.802. The van der Waals surface area contributed by atoms with Crippen LogP contribution in [-0.4, -0.2) is 41.6 Å². The van der Waals surface area contributed by atoms with Gasteiger partial charge in [0.05, 0.1) is 5.56 Å². The van der Waals surface area contributed by atoms with Crippen LogP contribution in [0.15, 0.2) is 12.1 Å². The second kappa shape index (κ2) is 7.20. The van der Waals surface area contributed by atoms with Crippen molar-refractivity contribution >= 4 is 34.6 Å². The lowest BCUT2D eigenvalue weighted by molar-refractivity contribution is 0.0290. The van der Waals surface area contributed by atoms with E-state index >= 15 is 0 Å². The van der Waals surface area contributed by atoms with E-state index in [1.807, 2.05) is 0 Å². The number of amides is 2. The molecule has 5 nitrogen and oxygen atoms in total. The standard InChI is InChI=1S/C16H19F2IN2O3/c1-16(2,3)24-15(23)21-5-4-9(8-21)20-14(22)10-6-13(19)12(18)7-11(10)17/h6-7,9H,4-5,8H2,1-3H3,(H,20,22). The Morgan fingerprint density at radius 1 is 1.29 bits per heavy atom. The van der Waals surface area contributed by atoms with Crippen LogP contribution in [0.5, 0.6) is 0 Å². The molecule has 0 spiro atoms. The van der Waals surface area contributed by atoms with Gasteiger partial charge in [-0.2, -0.15) is 0 Å². The van der Waals surface area contributed by atoms with Gasteiger partial charge in [0.1, 0.15) is 17.2 Å². The van der Waals surface area contributed by atoms with Gasteiger partial charge in [-0.25, -0.2) is 13.6 Å². The van der Waals surface area contributed by atoms with Gasteiger partial charge in [0.2, 0.25) is 0 Å². The quantitative estimate of drug-likeness (QED) is 0.554. The number of rotatable bonds is 2. The summed E-state index contributed by atoms with van der Waals surface area (Å²) in [4.78, 5) is 25.7. The van der Waals surface area contributed by atoms with Gasteiger partial charge in [-0.15, -0.1) is 0 Å². The Hall–Kier alpha value is -1.45. The molecule has 8 heteroatoms. The van der Waals surface area contributed by atoms with Crippen LogP contribution >= 0.6 is 22.6 Å². The molecule has 1 unspecified atom stereocenters. The normalized spacial score (nSPS) is 17.8. The van der Waals surface area contributed by atoms with E-state index in [9.17, 15) is 18.4 Å². The number of hydrogen-bond acceptors (Lipinski definition) is 3. The first kappa shape index (κ1) is 18.9. The van der Waals surface area contributed by atoms with Crippen molar-refractivity contribution in [2.24, 2.45) is 0 Å². The maximum absolute atomic E-state index is 13.8. The summed E-state index contributed by atoms with van der Waals surface area (Å²) < 4.78 is 32.5. The van der Waals surface area contributed by atoms with Crippen LogP contribution in [0.1, 0.15) is 37.6 Å². The summed E-state index contributed by atoms with van der Waals surface area (Å²) in [6.07, 6.45) is 0.104. The number of carbonyl (C=O) groups is 2. The van der Waals surface area contributed by atoms with Gasteiger partial charge in [-0.05, 0) is 55.8 Å². The molecule has 2 amide bonds. The summed E-state index contributed by atoms with van der Waals surface area (Å²) in [5, 5.41) is 2.68. The second-order valence-corrected chi connectivity index (χ2v) is 7.79. The first-order valence-corrected chi connectivity index (χ1v) is 8.58. The minimum Gasteiger partial charge on any atom is -0.444 e. The Balaban J connectivity index is 1.97. The van der Waals surface area contributed by atoms with Crippen molar-refractivity contribution < 1.29 is 23.1 Å². The summed E-state index contributed by atoms with van der Waals surface area (Å²) in [6, 6.07) is 1.56. The van der Waals surface area contributed by atoms with E-state index in [1.54, 1.807) is 43.4 Å². The fraction of sp³-hybridized carbons (Fsp3) is 0.500. The molecule has 0 radical (unpaired) electrons. The molecule has 24 heavy (non-hydrogen) atoms. The van der Waals surface area contributed by atoms with Crippen LogP contribution in [-0.2, 0) is 4.74 Å². The zero-order valence-electron chi connectivity index (χ0n) is 13.7. The monoisotopic (exact) mass is 452 g/mol. The zero-order valence-corrected chi connectivity index (χ0v) is 15.8. The van der Waals surface area contributed by atoms with Crippen molar-refractivity contribution in [1.82, 2.24) is 10.2 Å². The van der Waals surface area contributed by atoms with Crippen LogP contribution < -0.4 is 5.32 Å². The SMILES string of the molecule is CC(C)(C)OC(=O)N1CCC(NC(=O)c2cc(I)c(F)cc2F)C1.